The molecule has 0 amide bonds. The quantitative estimate of drug-likeness (QED) is 0.440. The Morgan fingerprint density at radius 2 is 2.06 bits per heavy atom. The Morgan fingerprint density at radius 3 is 2.85 bits per heavy atom. The normalized spacial score (nSPS) is 18.2. The van der Waals surface area contributed by atoms with Crippen molar-refractivity contribution in [3.63, 3.8) is 0 Å². The van der Waals surface area contributed by atoms with Gasteiger partial charge in [0.15, 0.2) is 0 Å². The zero-order valence-electron chi connectivity index (χ0n) is 19.7. The Kier molecular flexibility index (Phi) is 10.2. The molecule has 1 heterocycles. The van der Waals surface area contributed by atoms with Crippen LogP contribution in [0.15, 0.2) is 48.5 Å². The number of aryl methyl sites for hydroxylation is 1. The third kappa shape index (κ3) is 8.11. The molecule has 2 aromatic rings. The van der Waals surface area contributed by atoms with Crippen molar-refractivity contribution in [3.05, 3.63) is 70.2 Å². The SMILES string of the molecule is CCOC(=O)CCc1ccccc1[C@@H](C)OC[C@H](O)CN1CCC[C@H]1Cc1cccc(Cl)c1. The van der Waals surface area contributed by atoms with Gasteiger partial charge in [-0.15, -0.1) is 0 Å². The lowest BCUT2D eigenvalue weighted by Gasteiger charge is -2.27. The lowest BCUT2D eigenvalue weighted by Crippen LogP contribution is -2.39. The molecule has 5 nitrogen and oxygen atoms in total. The number of carbonyl (C=O) groups excluding carboxylic acids is 1. The van der Waals surface area contributed by atoms with Crippen LogP contribution in [0.4, 0.5) is 0 Å². The summed E-state index contributed by atoms with van der Waals surface area (Å²) in [4.78, 5) is 14.1. The summed E-state index contributed by atoms with van der Waals surface area (Å²) in [5.74, 6) is -0.186. The summed E-state index contributed by atoms with van der Waals surface area (Å²) in [5, 5.41) is 11.5. The number of β-amino-alcohol motifs (C(OH)–C–C–N with tert-alkyl or cyclic N) is 1. The largest absolute Gasteiger partial charge is 0.466 e. The molecular formula is C27H36ClNO4. The van der Waals surface area contributed by atoms with Crippen molar-refractivity contribution < 1.29 is 19.4 Å². The van der Waals surface area contributed by atoms with Crippen molar-refractivity contribution in [1.82, 2.24) is 4.90 Å². The first-order valence-electron chi connectivity index (χ1n) is 12.0. The molecule has 0 unspecified atom stereocenters. The maximum Gasteiger partial charge on any atom is 0.306 e. The number of benzene rings is 2. The van der Waals surface area contributed by atoms with E-state index in [1.54, 1.807) is 0 Å². The second kappa shape index (κ2) is 13.1. The minimum absolute atomic E-state index is 0.168. The summed E-state index contributed by atoms with van der Waals surface area (Å²) in [5.41, 5.74) is 3.36. The van der Waals surface area contributed by atoms with E-state index in [9.17, 15) is 9.90 Å². The molecule has 0 radical (unpaired) electrons. The highest BCUT2D eigenvalue weighted by Gasteiger charge is 2.27. The second-order valence-corrected chi connectivity index (χ2v) is 9.19. The highest BCUT2D eigenvalue weighted by atomic mass is 35.5. The predicted molar refractivity (Wildman–Crippen MR) is 132 cm³/mol. The number of aliphatic hydroxyl groups excluding tert-OH is 1. The van der Waals surface area contributed by atoms with Crippen molar-refractivity contribution in [2.45, 2.75) is 64.2 Å². The van der Waals surface area contributed by atoms with Gasteiger partial charge in [-0.05, 0) is 74.9 Å². The molecule has 180 valence electrons. The third-order valence-electron chi connectivity index (χ3n) is 6.24. The summed E-state index contributed by atoms with van der Waals surface area (Å²) < 4.78 is 11.1. The van der Waals surface area contributed by atoms with E-state index >= 15 is 0 Å². The number of nitrogens with zero attached hydrogens (tertiary/aromatic N) is 1. The first-order chi connectivity index (χ1) is 16.0. The number of esters is 1. The molecule has 6 heteroatoms. The summed E-state index contributed by atoms with van der Waals surface area (Å²) in [7, 11) is 0. The van der Waals surface area contributed by atoms with Gasteiger partial charge in [0, 0.05) is 24.0 Å². The van der Waals surface area contributed by atoms with Gasteiger partial charge in [-0.25, -0.2) is 0 Å². The first kappa shape index (κ1) is 25.7. The second-order valence-electron chi connectivity index (χ2n) is 8.76. The monoisotopic (exact) mass is 473 g/mol. The van der Waals surface area contributed by atoms with Gasteiger partial charge in [-0.1, -0.05) is 48.0 Å². The molecule has 3 atom stereocenters. The zero-order chi connectivity index (χ0) is 23.6. The van der Waals surface area contributed by atoms with Crippen molar-refractivity contribution in [1.29, 1.82) is 0 Å². The fraction of sp³-hybridized carbons (Fsp3) is 0.519. The predicted octanol–water partition coefficient (Wildman–Crippen LogP) is 4.98. The molecule has 1 saturated heterocycles. The fourth-order valence-corrected chi connectivity index (χ4v) is 4.81. The topological polar surface area (TPSA) is 59.0 Å². The smallest absolute Gasteiger partial charge is 0.306 e. The van der Waals surface area contributed by atoms with Crippen molar-refractivity contribution in [2.75, 3.05) is 26.3 Å². The molecule has 0 bridgehead atoms. The van der Waals surface area contributed by atoms with E-state index in [1.807, 2.05) is 56.3 Å². The van der Waals surface area contributed by atoms with Crippen LogP contribution in [-0.2, 0) is 27.1 Å². The lowest BCUT2D eigenvalue weighted by atomic mass is 9.99. The van der Waals surface area contributed by atoms with Gasteiger partial charge in [0.25, 0.3) is 0 Å². The fourth-order valence-electron chi connectivity index (χ4n) is 4.60. The maximum atomic E-state index is 11.7. The lowest BCUT2D eigenvalue weighted by molar-refractivity contribution is -0.143. The number of rotatable bonds is 12. The zero-order valence-corrected chi connectivity index (χ0v) is 20.5. The van der Waals surface area contributed by atoms with E-state index in [0.29, 0.717) is 32.0 Å². The molecule has 0 aromatic heterocycles. The molecule has 0 aliphatic carbocycles. The Hall–Kier alpha value is -1.92. The van der Waals surface area contributed by atoms with Crippen molar-refractivity contribution in [2.24, 2.45) is 0 Å². The number of hydrogen-bond acceptors (Lipinski definition) is 5. The molecule has 2 aromatic carbocycles. The number of ether oxygens (including phenoxy) is 2. The molecule has 1 aliphatic heterocycles. The molecular weight excluding hydrogens is 438 g/mol. The molecule has 0 saturated carbocycles. The summed E-state index contributed by atoms with van der Waals surface area (Å²) >= 11 is 6.14. The van der Waals surface area contributed by atoms with Crippen LogP contribution in [-0.4, -0.2) is 54.4 Å². The first-order valence-corrected chi connectivity index (χ1v) is 12.4. The summed E-state index contributed by atoms with van der Waals surface area (Å²) in [6.07, 6.45) is 3.46. The standard InChI is InChI=1S/C27H36ClNO4/c1-3-32-27(31)14-13-22-9-4-5-12-26(22)20(2)33-19-25(30)18-29-15-7-11-24(29)17-21-8-6-10-23(28)16-21/h4-6,8-10,12,16,20,24-25,30H,3,7,11,13-15,17-19H2,1-2H3/t20-,24+,25-/m1/s1. The third-order valence-corrected chi connectivity index (χ3v) is 6.48. The van der Waals surface area contributed by atoms with E-state index < -0.39 is 6.10 Å². The van der Waals surface area contributed by atoms with E-state index in [-0.39, 0.29) is 18.7 Å². The van der Waals surface area contributed by atoms with Crippen LogP contribution in [0.1, 0.15) is 55.9 Å². The number of carbonyl (C=O) groups is 1. The summed E-state index contributed by atoms with van der Waals surface area (Å²) in [6, 6.07) is 16.4. The van der Waals surface area contributed by atoms with Crippen LogP contribution in [0.5, 0.6) is 0 Å². The van der Waals surface area contributed by atoms with E-state index in [4.69, 9.17) is 21.1 Å². The number of aliphatic hydroxyl groups is 1. The van der Waals surface area contributed by atoms with Crippen LogP contribution >= 0.6 is 11.6 Å². The van der Waals surface area contributed by atoms with E-state index in [2.05, 4.69) is 11.0 Å². The average Bonchev–Trinajstić information content (AvgIpc) is 3.22. The minimum atomic E-state index is -0.556. The Bertz CT molecular complexity index is 890. The van der Waals surface area contributed by atoms with Gasteiger partial charge in [0.1, 0.15) is 0 Å². The van der Waals surface area contributed by atoms with Crippen LogP contribution in [0, 0.1) is 0 Å². The molecule has 1 aliphatic rings. The van der Waals surface area contributed by atoms with Crippen LogP contribution in [0.3, 0.4) is 0 Å². The van der Waals surface area contributed by atoms with Gasteiger partial charge in [0.2, 0.25) is 0 Å². The van der Waals surface area contributed by atoms with Crippen LogP contribution < -0.4 is 0 Å². The average molecular weight is 474 g/mol. The highest BCUT2D eigenvalue weighted by molar-refractivity contribution is 6.30. The van der Waals surface area contributed by atoms with E-state index in [1.165, 1.54) is 5.56 Å². The van der Waals surface area contributed by atoms with Crippen molar-refractivity contribution in [3.8, 4) is 0 Å². The molecule has 0 spiro atoms. The number of halogens is 1. The molecule has 3 rings (SSSR count). The van der Waals surface area contributed by atoms with Crippen LogP contribution in [0.2, 0.25) is 5.02 Å². The number of hydrogen-bond donors (Lipinski definition) is 1. The Balaban J connectivity index is 1.49. The van der Waals surface area contributed by atoms with Gasteiger partial charge in [-0.2, -0.15) is 0 Å². The van der Waals surface area contributed by atoms with Gasteiger partial charge < -0.3 is 14.6 Å². The number of likely N-dealkylation sites (tertiary alicyclic amines) is 1. The van der Waals surface area contributed by atoms with Gasteiger partial charge in [-0.3, -0.25) is 9.69 Å². The van der Waals surface area contributed by atoms with Gasteiger partial charge >= 0.3 is 5.97 Å². The molecule has 33 heavy (non-hydrogen) atoms. The summed E-state index contributed by atoms with van der Waals surface area (Å²) in [6.45, 7) is 6.07. The maximum absolute atomic E-state index is 11.7. The van der Waals surface area contributed by atoms with Crippen LogP contribution in [0.25, 0.3) is 0 Å². The molecule has 1 N–H and O–H groups in total. The minimum Gasteiger partial charge on any atom is -0.466 e. The Labute approximate surface area is 202 Å². The highest BCUT2D eigenvalue weighted by Crippen LogP contribution is 2.25. The molecule has 1 fully saturated rings. The van der Waals surface area contributed by atoms with E-state index in [0.717, 1.165) is 42.0 Å². The Morgan fingerprint density at radius 1 is 1.24 bits per heavy atom. The van der Waals surface area contributed by atoms with Gasteiger partial charge in [0.05, 0.1) is 25.4 Å². The van der Waals surface area contributed by atoms with Crippen molar-refractivity contribution >= 4 is 17.6 Å².